The molecule has 130 valence electrons. The van der Waals surface area contributed by atoms with Gasteiger partial charge >= 0.3 is 6.03 Å². The third-order valence-corrected chi connectivity index (χ3v) is 5.92. The predicted molar refractivity (Wildman–Crippen MR) is 96.4 cm³/mol. The van der Waals surface area contributed by atoms with Crippen LogP contribution in [0.15, 0.2) is 53.4 Å². The number of nitrogens with one attached hydrogen (secondary N) is 1. The zero-order valence-electron chi connectivity index (χ0n) is 14.0. The van der Waals surface area contributed by atoms with E-state index >= 15 is 0 Å². The number of amides is 2. The van der Waals surface area contributed by atoms with Crippen molar-refractivity contribution in [1.29, 1.82) is 0 Å². The number of hydrogen-bond acceptors (Lipinski definition) is 3. The normalized spacial score (nSPS) is 20.1. The van der Waals surface area contributed by atoms with Crippen molar-refractivity contribution in [3.05, 3.63) is 59.7 Å². The maximum Gasteiger partial charge on any atom is 0.322 e. The van der Waals surface area contributed by atoms with Crippen molar-refractivity contribution in [2.75, 3.05) is 17.7 Å². The fourth-order valence-corrected chi connectivity index (χ4v) is 3.93. The number of nitrogens with zero attached hydrogens (tertiary/aromatic N) is 1. The second-order valence-electron chi connectivity index (χ2n) is 6.84. The van der Waals surface area contributed by atoms with E-state index < -0.39 is 9.84 Å². The van der Waals surface area contributed by atoms with Crippen LogP contribution in [0.4, 0.5) is 10.5 Å². The van der Waals surface area contributed by atoms with Gasteiger partial charge in [0.25, 0.3) is 0 Å². The summed E-state index contributed by atoms with van der Waals surface area (Å²) in [6.45, 7) is 0.679. The van der Waals surface area contributed by atoms with Gasteiger partial charge in [0.2, 0.25) is 0 Å². The van der Waals surface area contributed by atoms with E-state index in [-0.39, 0.29) is 17.0 Å². The summed E-state index contributed by atoms with van der Waals surface area (Å²) in [5.41, 5.74) is 2.57. The van der Waals surface area contributed by atoms with Crippen molar-refractivity contribution in [2.45, 2.75) is 23.8 Å². The first-order chi connectivity index (χ1) is 11.9. The Bertz CT molecular complexity index is 921. The van der Waals surface area contributed by atoms with Gasteiger partial charge < -0.3 is 5.32 Å². The average molecular weight is 356 g/mol. The maximum atomic E-state index is 12.7. The number of rotatable bonds is 4. The second-order valence-corrected chi connectivity index (χ2v) is 8.86. The van der Waals surface area contributed by atoms with Crippen LogP contribution in [0.3, 0.4) is 0 Å². The number of carbonyl (C=O) groups excluding carboxylic acids is 1. The van der Waals surface area contributed by atoms with Crippen LogP contribution < -0.4 is 10.2 Å². The summed E-state index contributed by atoms with van der Waals surface area (Å²) >= 11 is 0. The third-order valence-electron chi connectivity index (χ3n) is 4.81. The van der Waals surface area contributed by atoms with E-state index in [1.54, 1.807) is 23.1 Å². The molecule has 2 amide bonds. The van der Waals surface area contributed by atoms with Crippen LogP contribution in [0.1, 0.15) is 30.0 Å². The molecule has 4 rings (SSSR count). The molecule has 1 saturated carbocycles. The first kappa shape index (κ1) is 16.1. The molecule has 1 unspecified atom stereocenters. The topological polar surface area (TPSA) is 66.5 Å². The van der Waals surface area contributed by atoms with E-state index in [4.69, 9.17) is 0 Å². The summed E-state index contributed by atoms with van der Waals surface area (Å²) in [5, 5.41) is 3.04. The molecule has 0 bridgehead atoms. The summed E-state index contributed by atoms with van der Waals surface area (Å²) in [6.07, 6.45) is 3.49. The zero-order chi connectivity index (χ0) is 17.6. The summed E-state index contributed by atoms with van der Waals surface area (Å²) in [7, 11) is -3.31. The van der Waals surface area contributed by atoms with Crippen LogP contribution in [-0.2, 0) is 9.84 Å². The molecule has 1 N–H and O–H groups in total. The molecule has 0 saturated heterocycles. The molecule has 0 aromatic heterocycles. The predicted octanol–water partition coefficient (Wildman–Crippen LogP) is 3.12. The summed E-state index contributed by atoms with van der Waals surface area (Å²) in [5.74, 6) is 0.543. The Labute approximate surface area is 147 Å². The Morgan fingerprint density at radius 3 is 2.48 bits per heavy atom. The monoisotopic (exact) mass is 356 g/mol. The Kier molecular flexibility index (Phi) is 3.80. The van der Waals surface area contributed by atoms with Gasteiger partial charge in [0.1, 0.15) is 0 Å². The van der Waals surface area contributed by atoms with Gasteiger partial charge in [0.15, 0.2) is 9.84 Å². The van der Waals surface area contributed by atoms with E-state index in [9.17, 15) is 13.2 Å². The number of hydrogen-bond donors (Lipinski definition) is 1. The summed E-state index contributed by atoms with van der Waals surface area (Å²) in [6, 6.07) is 14.2. The molecular weight excluding hydrogens is 336 g/mol. The zero-order valence-corrected chi connectivity index (χ0v) is 14.8. The molecule has 1 aliphatic heterocycles. The molecule has 1 fully saturated rings. The molecule has 1 atom stereocenters. The van der Waals surface area contributed by atoms with Crippen LogP contribution in [0, 0.1) is 5.92 Å². The van der Waals surface area contributed by atoms with E-state index in [1.165, 1.54) is 6.26 Å². The number of fused-ring (bicyclic) bond motifs is 1. The van der Waals surface area contributed by atoms with Gasteiger partial charge in [-0.25, -0.2) is 13.2 Å². The van der Waals surface area contributed by atoms with Crippen LogP contribution in [-0.4, -0.2) is 27.2 Å². The summed E-state index contributed by atoms with van der Waals surface area (Å²) in [4.78, 5) is 14.7. The van der Waals surface area contributed by atoms with Crippen LogP contribution >= 0.6 is 0 Å². The van der Waals surface area contributed by atoms with Gasteiger partial charge in [-0.15, -0.1) is 0 Å². The minimum atomic E-state index is -3.31. The minimum Gasteiger partial charge on any atom is -0.327 e. The molecule has 2 aromatic rings. The molecule has 1 heterocycles. The van der Waals surface area contributed by atoms with Crippen molar-refractivity contribution in [3.63, 3.8) is 0 Å². The third kappa shape index (κ3) is 3.14. The van der Waals surface area contributed by atoms with Gasteiger partial charge in [-0.05, 0) is 42.5 Å². The molecule has 5 nitrogen and oxygen atoms in total. The van der Waals surface area contributed by atoms with Crippen molar-refractivity contribution >= 4 is 21.6 Å². The van der Waals surface area contributed by atoms with E-state index in [0.717, 1.165) is 29.7 Å². The quantitative estimate of drug-likeness (QED) is 0.915. The second kappa shape index (κ2) is 5.88. The minimum absolute atomic E-state index is 0.125. The lowest BCUT2D eigenvalue weighted by Crippen LogP contribution is -2.47. The number of benzene rings is 2. The highest BCUT2D eigenvalue weighted by Crippen LogP contribution is 2.39. The highest BCUT2D eigenvalue weighted by molar-refractivity contribution is 7.90. The summed E-state index contributed by atoms with van der Waals surface area (Å²) < 4.78 is 24.0. The fourth-order valence-electron chi connectivity index (χ4n) is 3.28. The molecule has 0 radical (unpaired) electrons. The average Bonchev–Trinajstić information content (AvgIpc) is 3.41. The Balaban J connectivity index is 1.84. The highest BCUT2D eigenvalue weighted by Gasteiger charge is 2.35. The van der Waals surface area contributed by atoms with E-state index in [2.05, 4.69) is 5.32 Å². The first-order valence-corrected chi connectivity index (χ1v) is 10.3. The maximum absolute atomic E-state index is 12.7. The molecule has 1 aliphatic carbocycles. The van der Waals surface area contributed by atoms with Crippen molar-refractivity contribution in [1.82, 2.24) is 5.32 Å². The number of carbonyl (C=O) groups is 1. The van der Waals surface area contributed by atoms with Crippen molar-refractivity contribution in [3.8, 4) is 0 Å². The molecule has 6 heteroatoms. The van der Waals surface area contributed by atoms with Crippen LogP contribution in [0.2, 0.25) is 0 Å². The van der Waals surface area contributed by atoms with Gasteiger partial charge in [-0.3, -0.25) is 4.90 Å². The fraction of sp³-hybridized carbons (Fsp3) is 0.316. The Morgan fingerprint density at radius 2 is 1.84 bits per heavy atom. The lowest BCUT2D eigenvalue weighted by Gasteiger charge is -2.35. The Hall–Kier alpha value is -2.34. The first-order valence-electron chi connectivity index (χ1n) is 8.40. The van der Waals surface area contributed by atoms with Crippen LogP contribution in [0.25, 0.3) is 0 Å². The molecule has 2 aromatic carbocycles. The number of anilines is 1. The van der Waals surface area contributed by atoms with Gasteiger partial charge in [0, 0.05) is 18.4 Å². The van der Waals surface area contributed by atoms with Gasteiger partial charge in [-0.2, -0.15) is 0 Å². The molecule has 2 aliphatic rings. The largest absolute Gasteiger partial charge is 0.327 e. The van der Waals surface area contributed by atoms with E-state index in [1.807, 2.05) is 30.3 Å². The smallest absolute Gasteiger partial charge is 0.322 e. The standard InChI is InChI=1S/C19H20N2O3S/c1-25(23,24)15-9-10-17-16(11-15)18(14-5-3-2-4-6-14)20-19(22)21(17)12-13-7-8-13/h2-6,9-11,13,18H,7-8,12H2,1H3,(H,20,22). The van der Waals surface area contributed by atoms with Crippen molar-refractivity contribution in [2.24, 2.45) is 5.92 Å². The SMILES string of the molecule is CS(=O)(=O)c1ccc2c(c1)C(c1ccccc1)NC(=O)N2CC1CC1. The molecule has 25 heavy (non-hydrogen) atoms. The van der Waals surface area contributed by atoms with Gasteiger partial charge in [-0.1, -0.05) is 30.3 Å². The van der Waals surface area contributed by atoms with Gasteiger partial charge in [0.05, 0.1) is 16.6 Å². The van der Waals surface area contributed by atoms with Crippen molar-refractivity contribution < 1.29 is 13.2 Å². The molecular formula is C19H20N2O3S. The van der Waals surface area contributed by atoms with Crippen LogP contribution in [0.5, 0.6) is 0 Å². The van der Waals surface area contributed by atoms with E-state index in [0.29, 0.717) is 12.5 Å². The number of urea groups is 1. The lowest BCUT2D eigenvalue weighted by atomic mass is 9.95. The molecule has 0 spiro atoms. The number of sulfone groups is 1. The Morgan fingerprint density at radius 1 is 1.12 bits per heavy atom. The lowest BCUT2D eigenvalue weighted by molar-refractivity contribution is 0.242. The highest BCUT2D eigenvalue weighted by atomic mass is 32.2.